The topological polar surface area (TPSA) is 45.9 Å². The van der Waals surface area contributed by atoms with E-state index in [1.165, 1.54) is 24.8 Å². The second-order valence-corrected chi connectivity index (χ2v) is 7.01. The molecule has 1 aliphatic rings. The van der Waals surface area contributed by atoms with Crippen LogP contribution in [-0.4, -0.2) is 12.1 Å². The zero-order chi connectivity index (χ0) is 16.2. The SMILES string of the molecule is COc1ccc(-c2nc(C(C#N)=C3CCCCC3)sc2C)cc1. The van der Waals surface area contributed by atoms with Gasteiger partial charge in [-0.15, -0.1) is 11.3 Å². The van der Waals surface area contributed by atoms with E-state index in [4.69, 9.17) is 9.72 Å². The number of hydrogen-bond acceptors (Lipinski definition) is 4. The molecule has 1 aliphatic carbocycles. The van der Waals surface area contributed by atoms with Gasteiger partial charge in [0, 0.05) is 10.4 Å². The maximum absolute atomic E-state index is 9.61. The second-order valence-electron chi connectivity index (χ2n) is 5.80. The first-order chi connectivity index (χ1) is 11.2. The number of rotatable bonds is 3. The highest BCUT2D eigenvalue weighted by molar-refractivity contribution is 7.13. The van der Waals surface area contributed by atoms with Gasteiger partial charge in [0.15, 0.2) is 0 Å². The van der Waals surface area contributed by atoms with Crippen LogP contribution in [0, 0.1) is 18.3 Å². The fourth-order valence-electron chi connectivity index (χ4n) is 3.03. The van der Waals surface area contributed by atoms with Crippen molar-refractivity contribution in [2.75, 3.05) is 7.11 Å². The van der Waals surface area contributed by atoms with Gasteiger partial charge in [0.05, 0.1) is 18.4 Å². The average molecular weight is 324 g/mol. The Kier molecular flexibility index (Phi) is 4.78. The smallest absolute Gasteiger partial charge is 0.134 e. The summed E-state index contributed by atoms with van der Waals surface area (Å²) >= 11 is 1.62. The molecule has 0 N–H and O–H groups in total. The van der Waals surface area contributed by atoms with E-state index in [0.717, 1.165) is 45.3 Å². The monoisotopic (exact) mass is 324 g/mol. The van der Waals surface area contributed by atoms with Crippen LogP contribution < -0.4 is 4.74 Å². The summed E-state index contributed by atoms with van der Waals surface area (Å²) < 4.78 is 5.21. The number of hydrogen-bond donors (Lipinski definition) is 0. The fraction of sp³-hybridized carbons (Fsp3) is 0.368. The molecule has 1 fully saturated rings. The zero-order valence-electron chi connectivity index (χ0n) is 13.6. The molecule has 0 amide bonds. The van der Waals surface area contributed by atoms with Crippen LogP contribution in [0.5, 0.6) is 5.75 Å². The molecule has 0 saturated heterocycles. The quantitative estimate of drug-likeness (QED) is 0.713. The molecule has 0 unspecified atom stereocenters. The van der Waals surface area contributed by atoms with Crippen molar-refractivity contribution in [2.24, 2.45) is 0 Å². The fourth-order valence-corrected chi connectivity index (χ4v) is 4.01. The van der Waals surface area contributed by atoms with Crippen LogP contribution in [0.2, 0.25) is 0 Å². The van der Waals surface area contributed by atoms with E-state index in [-0.39, 0.29) is 0 Å². The van der Waals surface area contributed by atoms with E-state index in [1.807, 2.05) is 24.3 Å². The van der Waals surface area contributed by atoms with Gasteiger partial charge in [0.1, 0.15) is 16.8 Å². The number of aryl methyl sites for hydroxylation is 1. The number of benzene rings is 1. The minimum atomic E-state index is 0.803. The number of aromatic nitrogens is 1. The number of methoxy groups -OCH3 is 1. The van der Waals surface area contributed by atoms with Crippen molar-refractivity contribution in [3.63, 3.8) is 0 Å². The summed E-state index contributed by atoms with van der Waals surface area (Å²) in [5.41, 5.74) is 4.12. The van der Waals surface area contributed by atoms with E-state index in [1.54, 1.807) is 18.4 Å². The Bertz CT molecular complexity index is 758. The van der Waals surface area contributed by atoms with Crippen LogP contribution in [0.25, 0.3) is 16.8 Å². The van der Waals surface area contributed by atoms with Crippen LogP contribution in [0.4, 0.5) is 0 Å². The lowest BCUT2D eigenvalue weighted by Crippen LogP contribution is -1.97. The van der Waals surface area contributed by atoms with E-state index in [2.05, 4.69) is 13.0 Å². The first-order valence-corrected chi connectivity index (χ1v) is 8.79. The maximum Gasteiger partial charge on any atom is 0.134 e. The van der Waals surface area contributed by atoms with Gasteiger partial charge in [-0.25, -0.2) is 4.98 Å². The van der Waals surface area contributed by atoms with Crippen LogP contribution in [0.15, 0.2) is 29.8 Å². The van der Waals surface area contributed by atoms with Crippen molar-refractivity contribution in [3.05, 3.63) is 39.7 Å². The Balaban J connectivity index is 1.98. The molecule has 1 aromatic heterocycles. The van der Waals surface area contributed by atoms with Gasteiger partial charge >= 0.3 is 0 Å². The maximum atomic E-state index is 9.61. The normalized spacial score (nSPS) is 14.4. The van der Waals surface area contributed by atoms with Gasteiger partial charge in [-0.1, -0.05) is 6.42 Å². The molecule has 1 aromatic carbocycles. The standard InChI is InChI=1S/C19H20N2OS/c1-13-18(15-8-10-16(22-2)11-9-15)21-19(23-13)17(12-20)14-6-4-3-5-7-14/h8-11H,3-7H2,1-2H3. The molecule has 0 aliphatic heterocycles. The lowest BCUT2D eigenvalue weighted by molar-refractivity contribution is 0.415. The lowest BCUT2D eigenvalue weighted by Gasteiger charge is -2.14. The molecule has 23 heavy (non-hydrogen) atoms. The minimum absolute atomic E-state index is 0.803. The summed E-state index contributed by atoms with van der Waals surface area (Å²) in [6.07, 6.45) is 5.74. The summed E-state index contributed by atoms with van der Waals surface area (Å²) in [6, 6.07) is 10.3. The predicted octanol–water partition coefficient (Wildman–Crippen LogP) is 5.37. The number of thiazole rings is 1. The van der Waals surface area contributed by atoms with Crippen LogP contribution in [-0.2, 0) is 0 Å². The first kappa shape index (κ1) is 15.8. The molecule has 0 bridgehead atoms. The number of nitriles is 1. The minimum Gasteiger partial charge on any atom is -0.497 e. The Morgan fingerprint density at radius 3 is 2.48 bits per heavy atom. The Labute approximate surface area is 141 Å². The third-order valence-corrected chi connectivity index (χ3v) is 5.28. The molecule has 0 spiro atoms. The second kappa shape index (κ2) is 6.97. The van der Waals surface area contributed by atoms with Gasteiger partial charge < -0.3 is 4.74 Å². The molecule has 4 heteroatoms. The summed E-state index contributed by atoms with van der Waals surface area (Å²) in [5.74, 6) is 0.837. The van der Waals surface area contributed by atoms with Gasteiger partial charge in [-0.3, -0.25) is 0 Å². The third kappa shape index (κ3) is 3.30. The van der Waals surface area contributed by atoms with E-state index in [0.29, 0.717) is 0 Å². The van der Waals surface area contributed by atoms with Crippen LogP contribution >= 0.6 is 11.3 Å². The molecule has 3 rings (SSSR count). The van der Waals surface area contributed by atoms with Crippen LogP contribution in [0.3, 0.4) is 0 Å². The molecule has 0 atom stereocenters. The van der Waals surface area contributed by atoms with Crippen molar-refractivity contribution in [3.8, 4) is 23.1 Å². The van der Waals surface area contributed by atoms with E-state index in [9.17, 15) is 5.26 Å². The molecule has 1 heterocycles. The van der Waals surface area contributed by atoms with Crippen molar-refractivity contribution >= 4 is 16.9 Å². The summed E-state index contributed by atoms with van der Waals surface area (Å²) in [6.45, 7) is 2.07. The van der Waals surface area contributed by atoms with Crippen molar-refractivity contribution in [1.29, 1.82) is 5.26 Å². The largest absolute Gasteiger partial charge is 0.497 e. The van der Waals surface area contributed by atoms with Crippen molar-refractivity contribution < 1.29 is 4.74 Å². The number of allylic oxidation sites excluding steroid dienone is 2. The molecule has 1 saturated carbocycles. The average Bonchev–Trinajstić information content (AvgIpc) is 2.98. The van der Waals surface area contributed by atoms with Gasteiger partial charge in [-0.05, 0) is 62.4 Å². The van der Waals surface area contributed by atoms with Crippen LogP contribution in [0.1, 0.15) is 42.0 Å². The van der Waals surface area contributed by atoms with E-state index >= 15 is 0 Å². The van der Waals surface area contributed by atoms with E-state index < -0.39 is 0 Å². The summed E-state index contributed by atoms with van der Waals surface area (Å²) in [4.78, 5) is 5.93. The molecule has 3 nitrogen and oxygen atoms in total. The first-order valence-electron chi connectivity index (χ1n) is 7.97. The van der Waals surface area contributed by atoms with Gasteiger partial charge in [0.25, 0.3) is 0 Å². The molecule has 118 valence electrons. The Morgan fingerprint density at radius 2 is 1.87 bits per heavy atom. The Hall–Kier alpha value is -2.12. The summed E-state index contributed by atoms with van der Waals surface area (Å²) in [5, 5.41) is 10.5. The zero-order valence-corrected chi connectivity index (χ0v) is 14.4. The molecule has 2 aromatic rings. The highest BCUT2D eigenvalue weighted by atomic mass is 32.1. The number of ether oxygens (including phenoxy) is 1. The highest BCUT2D eigenvalue weighted by Crippen LogP contribution is 2.36. The molecule has 0 radical (unpaired) electrons. The summed E-state index contributed by atoms with van der Waals surface area (Å²) in [7, 11) is 1.66. The van der Waals surface area contributed by atoms with Gasteiger partial charge in [-0.2, -0.15) is 5.26 Å². The van der Waals surface area contributed by atoms with Crippen molar-refractivity contribution in [2.45, 2.75) is 39.0 Å². The predicted molar refractivity (Wildman–Crippen MR) is 94.5 cm³/mol. The highest BCUT2D eigenvalue weighted by Gasteiger charge is 2.18. The molecular formula is C19H20N2OS. The Morgan fingerprint density at radius 1 is 1.17 bits per heavy atom. The molecular weight excluding hydrogens is 304 g/mol. The third-order valence-electron chi connectivity index (χ3n) is 4.30. The van der Waals surface area contributed by atoms with Gasteiger partial charge in [0.2, 0.25) is 0 Å². The van der Waals surface area contributed by atoms with Crippen molar-refractivity contribution in [1.82, 2.24) is 4.98 Å². The number of nitrogens with zero attached hydrogens (tertiary/aromatic N) is 2. The lowest BCUT2D eigenvalue weighted by atomic mass is 9.91.